The van der Waals surface area contributed by atoms with Crippen LogP contribution in [-0.4, -0.2) is 0 Å². The molecule has 0 radical (unpaired) electrons. The van der Waals surface area contributed by atoms with Gasteiger partial charge in [0.1, 0.15) is 0 Å². The van der Waals surface area contributed by atoms with E-state index in [4.69, 9.17) is 0 Å². The molecule has 0 aromatic carbocycles. The second-order valence-corrected chi connectivity index (χ2v) is 3.61. The Kier molecular flexibility index (Phi) is 4.93. The minimum atomic E-state index is 0.672. The van der Waals surface area contributed by atoms with Gasteiger partial charge in [-0.15, -0.1) is 0 Å². The first-order valence-electron chi connectivity index (χ1n) is 4.32. The Morgan fingerprint density at radius 2 is 1.91 bits per heavy atom. The lowest BCUT2D eigenvalue weighted by Gasteiger charge is -2.08. The first-order valence-corrected chi connectivity index (χ1v) is 4.32. The summed E-state index contributed by atoms with van der Waals surface area (Å²) in [7, 11) is 0. The van der Waals surface area contributed by atoms with Crippen LogP contribution >= 0.6 is 0 Å². The maximum Gasteiger partial charge on any atom is -0.0234 e. The van der Waals surface area contributed by atoms with Crippen molar-refractivity contribution in [2.75, 3.05) is 0 Å². The summed E-state index contributed by atoms with van der Waals surface area (Å²) in [6.45, 7) is 12.6. The van der Waals surface area contributed by atoms with Crippen molar-refractivity contribution in [3.05, 3.63) is 23.8 Å². The Morgan fingerprint density at radius 1 is 1.36 bits per heavy atom. The summed E-state index contributed by atoms with van der Waals surface area (Å²) in [4.78, 5) is 0. The van der Waals surface area contributed by atoms with Crippen molar-refractivity contribution in [2.45, 2.75) is 40.5 Å². The number of rotatable bonds is 4. The van der Waals surface area contributed by atoms with Crippen molar-refractivity contribution in [3.8, 4) is 0 Å². The van der Waals surface area contributed by atoms with Gasteiger partial charge in [0.25, 0.3) is 0 Å². The summed E-state index contributed by atoms with van der Waals surface area (Å²) in [5.41, 5.74) is 2.71. The van der Waals surface area contributed by atoms with E-state index in [1.165, 1.54) is 24.0 Å². The summed E-state index contributed by atoms with van der Waals surface area (Å²) >= 11 is 0. The van der Waals surface area contributed by atoms with E-state index < -0.39 is 0 Å². The fourth-order valence-corrected chi connectivity index (χ4v) is 0.868. The average molecular weight is 152 g/mol. The Morgan fingerprint density at radius 3 is 2.27 bits per heavy atom. The molecule has 0 amide bonds. The van der Waals surface area contributed by atoms with Gasteiger partial charge in [0.2, 0.25) is 0 Å². The third-order valence-corrected chi connectivity index (χ3v) is 1.99. The van der Waals surface area contributed by atoms with Crippen LogP contribution in [0.1, 0.15) is 40.5 Å². The van der Waals surface area contributed by atoms with Crippen molar-refractivity contribution in [1.82, 2.24) is 0 Å². The first-order chi connectivity index (χ1) is 5.04. The quantitative estimate of drug-likeness (QED) is 0.535. The van der Waals surface area contributed by atoms with Crippen LogP contribution in [0.15, 0.2) is 23.8 Å². The largest absolute Gasteiger partial charge is 0.0999 e. The zero-order valence-electron chi connectivity index (χ0n) is 8.28. The monoisotopic (exact) mass is 152 g/mol. The summed E-state index contributed by atoms with van der Waals surface area (Å²) < 4.78 is 0. The molecule has 0 rings (SSSR count). The molecule has 0 spiro atoms. The van der Waals surface area contributed by atoms with Gasteiger partial charge in [-0.2, -0.15) is 0 Å². The lowest BCUT2D eigenvalue weighted by atomic mass is 9.98. The molecule has 0 saturated heterocycles. The highest BCUT2D eigenvalue weighted by molar-refractivity contribution is 4.97. The number of hydrogen-bond donors (Lipinski definition) is 0. The summed E-state index contributed by atoms with van der Waals surface area (Å²) in [6, 6.07) is 0. The highest BCUT2D eigenvalue weighted by atomic mass is 14.0. The van der Waals surface area contributed by atoms with Gasteiger partial charge in [-0.25, -0.2) is 0 Å². The van der Waals surface area contributed by atoms with Crippen molar-refractivity contribution < 1.29 is 0 Å². The minimum Gasteiger partial charge on any atom is -0.0999 e. The van der Waals surface area contributed by atoms with Crippen molar-refractivity contribution in [2.24, 2.45) is 5.92 Å². The second kappa shape index (κ2) is 5.17. The molecule has 0 heterocycles. The third-order valence-electron chi connectivity index (χ3n) is 1.99. The van der Waals surface area contributed by atoms with Crippen LogP contribution in [0, 0.1) is 5.92 Å². The first kappa shape index (κ1) is 10.5. The van der Waals surface area contributed by atoms with Gasteiger partial charge in [0.15, 0.2) is 0 Å². The Bertz CT molecular complexity index is 147. The molecule has 64 valence electrons. The summed E-state index contributed by atoms with van der Waals surface area (Å²) in [5.74, 6) is 0.672. The van der Waals surface area contributed by atoms with Crippen molar-refractivity contribution in [1.29, 1.82) is 0 Å². The van der Waals surface area contributed by atoms with Crippen molar-refractivity contribution in [3.63, 3.8) is 0 Å². The molecule has 0 nitrogen and oxygen atoms in total. The van der Waals surface area contributed by atoms with E-state index in [-0.39, 0.29) is 0 Å². The zero-order chi connectivity index (χ0) is 8.85. The van der Waals surface area contributed by atoms with Crippen LogP contribution in [0.2, 0.25) is 0 Å². The topological polar surface area (TPSA) is 0 Å². The summed E-state index contributed by atoms with van der Waals surface area (Å²) in [5, 5.41) is 0. The molecule has 0 saturated carbocycles. The van der Waals surface area contributed by atoms with Gasteiger partial charge < -0.3 is 0 Å². The molecule has 0 aliphatic heterocycles. The molecule has 0 fully saturated rings. The predicted molar refractivity (Wildman–Crippen MR) is 52.6 cm³/mol. The molecule has 0 aromatic heterocycles. The van der Waals surface area contributed by atoms with Crippen molar-refractivity contribution >= 4 is 0 Å². The molecule has 0 N–H and O–H groups in total. The SMILES string of the molecule is C=C(C)[C@H](C)CCC=C(C)C. The van der Waals surface area contributed by atoms with E-state index in [0.717, 1.165) is 0 Å². The molecule has 0 aliphatic rings. The lowest BCUT2D eigenvalue weighted by Crippen LogP contribution is -1.93. The van der Waals surface area contributed by atoms with E-state index in [1.807, 2.05) is 0 Å². The summed E-state index contributed by atoms with van der Waals surface area (Å²) in [6.07, 6.45) is 4.72. The maximum atomic E-state index is 3.93. The number of allylic oxidation sites excluding steroid dienone is 3. The third kappa shape index (κ3) is 5.90. The molecule has 1 atom stereocenters. The van der Waals surface area contributed by atoms with Gasteiger partial charge in [-0.05, 0) is 39.5 Å². The Labute approximate surface area is 71.0 Å². The van der Waals surface area contributed by atoms with E-state index in [1.54, 1.807) is 0 Å². The van der Waals surface area contributed by atoms with Crippen LogP contribution in [0.4, 0.5) is 0 Å². The highest BCUT2D eigenvalue weighted by Crippen LogP contribution is 2.14. The minimum absolute atomic E-state index is 0.672. The van der Waals surface area contributed by atoms with Gasteiger partial charge >= 0.3 is 0 Å². The molecule has 0 aliphatic carbocycles. The Hall–Kier alpha value is -0.520. The normalized spacial score (nSPS) is 12.4. The van der Waals surface area contributed by atoms with Gasteiger partial charge in [-0.1, -0.05) is 30.7 Å². The van der Waals surface area contributed by atoms with Crippen LogP contribution < -0.4 is 0 Å². The smallest absolute Gasteiger partial charge is 0.0234 e. The fourth-order valence-electron chi connectivity index (χ4n) is 0.868. The fraction of sp³-hybridized carbons (Fsp3) is 0.636. The number of hydrogen-bond acceptors (Lipinski definition) is 0. The van der Waals surface area contributed by atoms with Crippen LogP contribution in [-0.2, 0) is 0 Å². The van der Waals surface area contributed by atoms with Gasteiger partial charge in [-0.3, -0.25) is 0 Å². The maximum absolute atomic E-state index is 3.93. The predicted octanol–water partition coefficient (Wildman–Crippen LogP) is 3.95. The van der Waals surface area contributed by atoms with E-state index >= 15 is 0 Å². The van der Waals surface area contributed by atoms with Crippen LogP contribution in [0.3, 0.4) is 0 Å². The van der Waals surface area contributed by atoms with E-state index in [9.17, 15) is 0 Å². The van der Waals surface area contributed by atoms with Crippen LogP contribution in [0.5, 0.6) is 0 Å². The molecule has 0 aromatic rings. The molecular weight excluding hydrogens is 132 g/mol. The van der Waals surface area contributed by atoms with Gasteiger partial charge in [0.05, 0.1) is 0 Å². The lowest BCUT2D eigenvalue weighted by molar-refractivity contribution is 0.622. The van der Waals surface area contributed by atoms with Gasteiger partial charge in [0, 0.05) is 0 Å². The zero-order valence-corrected chi connectivity index (χ0v) is 8.28. The highest BCUT2D eigenvalue weighted by Gasteiger charge is 1.99. The average Bonchev–Trinajstić information content (AvgIpc) is 1.86. The molecule has 0 bridgehead atoms. The molecule has 11 heavy (non-hydrogen) atoms. The second-order valence-electron chi connectivity index (χ2n) is 3.61. The molecule has 0 heteroatoms. The standard InChI is InChI=1S/C11H20/c1-9(2)7-6-8-11(5)10(3)4/h7,11H,3,6,8H2,1-2,4-5H3/t11-/m1/s1. The van der Waals surface area contributed by atoms with E-state index in [0.29, 0.717) is 5.92 Å². The van der Waals surface area contributed by atoms with Crippen LogP contribution in [0.25, 0.3) is 0 Å². The molecular formula is C11H20. The van der Waals surface area contributed by atoms with E-state index in [2.05, 4.69) is 40.3 Å². The Balaban J connectivity index is 3.55. The molecule has 0 unspecified atom stereocenters.